The summed E-state index contributed by atoms with van der Waals surface area (Å²) in [5.41, 5.74) is 11.7. The zero-order valence-corrected chi connectivity index (χ0v) is 18.3. The van der Waals surface area contributed by atoms with Gasteiger partial charge in [0.1, 0.15) is 23.5 Å². The van der Waals surface area contributed by atoms with Gasteiger partial charge in [0, 0.05) is 13.5 Å². The lowest BCUT2D eigenvalue weighted by Crippen LogP contribution is -2.40. The first-order valence-electron chi connectivity index (χ1n) is 9.81. The number of carbonyl (C=O) groups is 3. The number of aryl methyl sites for hydroxylation is 1. The molecule has 1 aromatic carbocycles. The lowest BCUT2D eigenvalue weighted by Gasteiger charge is -2.09. The lowest BCUT2D eigenvalue weighted by molar-refractivity contribution is -0.120. The fourth-order valence-corrected chi connectivity index (χ4v) is 2.60. The SMILES string of the molecule is CC(=O)c1cc(C(=O)NCc2ccc(F)c(C)c2)nc2ncnn12.CC(C)[C@@H](N)C(N)=O. The van der Waals surface area contributed by atoms with Crippen LogP contribution in [0.15, 0.2) is 30.6 Å². The molecule has 0 unspecified atom stereocenters. The average Bonchev–Trinajstić information content (AvgIpc) is 3.21. The Morgan fingerprint density at radius 2 is 1.91 bits per heavy atom. The molecule has 0 aliphatic rings. The monoisotopic (exact) mass is 443 g/mol. The number of primary amides is 1. The van der Waals surface area contributed by atoms with Crippen molar-refractivity contribution in [3.63, 3.8) is 0 Å². The summed E-state index contributed by atoms with van der Waals surface area (Å²) >= 11 is 0. The minimum absolute atomic E-state index is 0.0690. The number of hydrogen-bond acceptors (Lipinski definition) is 7. The summed E-state index contributed by atoms with van der Waals surface area (Å²) < 4.78 is 14.5. The highest BCUT2D eigenvalue weighted by Crippen LogP contribution is 2.10. The minimum Gasteiger partial charge on any atom is -0.368 e. The summed E-state index contributed by atoms with van der Waals surface area (Å²) in [5.74, 6) is -1.12. The zero-order valence-electron chi connectivity index (χ0n) is 18.3. The van der Waals surface area contributed by atoms with E-state index in [-0.39, 0.29) is 41.2 Å². The molecule has 0 aliphatic heterocycles. The van der Waals surface area contributed by atoms with Crippen LogP contribution in [-0.2, 0) is 11.3 Å². The number of rotatable bonds is 6. The third-order valence-corrected chi connectivity index (χ3v) is 4.57. The zero-order chi connectivity index (χ0) is 24.0. The van der Waals surface area contributed by atoms with Crippen LogP contribution in [0.5, 0.6) is 0 Å². The van der Waals surface area contributed by atoms with Gasteiger partial charge < -0.3 is 16.8 Å². The van der Waals surface area contributed by atoms with E-state index in [2.05, 4.69) is 20.4 Å². The normalized spacial score (nSPS) is 11.6. The maximum atomic E-state index is 13.3. The van der Waals surface area contributed by atoms with E-state index in [0.29, 0.717) is 5.56 Å². The van der Waals surface area contributed by atoms with Gasteiger partial charge in [-0.15, -0.1) is 0 Å². The number of aromatic nitrogens is 4. The molecule has 10 nitrogen and oxygen atoms in total. The molecule has 2 aromatic heterocycles. The molecule has 5 N–H and O–H groups in total. The summed E-state index contributed by atoms with van der Waals surface area (Å²) in [6.07, 6.45) is 1.26. The molecule has 11 heteroatoms. The molecule has 0 fully saturated rings. The lowest BCUT2D eigenvalue weighted by atomic mass is 10.1. The molecular weight excluding hydrogens is 417 g/mol. The van der Waals surface area contributed by atoms with Crippen LogP contribution >= 0.6 is 0 Å². The number of nitrogens with one attached hydrogen (secondary N) is 1. The Morgan fingerprint density at radius 1 is 1.22 bits per heavy atom. The Kier molecular flexibility index (Phi) is 8.08. The first-order chi connectivity index (χ1) is 15.0. The number of benzene rings is 1. The van der Waals surface area contributed by atoms with Crippen molar-refractivity contribution in [2.75, 3.05) is 0 Å². The van der Waals surface area contributed by atoms with Gasteiger partial charge in [-0.1, -0.05) is 26.0 Å². The molecule has 1 atom stereocenters. The fraction of sp³-hybridized carbons (Fsp3) is 0.333. The third-order valence-electron chi connectivity index (χ3n) is 4.57. The highest BCUT2D eigenvalue weighted by Gasteiger charge is 2.16. The van der Waals surface area contributed by atoms with Crippen molar-refractivity contribution >= 4 is 23.4 Å². The van der Waals surface area contributed by atoms with Crippen LogP contribution in [0.2, 0.25) is 0 Å². The Bertz CT molecular complexity index is 1140. The summed E-state index contributed by atoms with van der Waals surface area (Å²) in [6.45, 7) is 6.96. The maximum absolute atomic E-state index is 13.3. The van der Waals surface area contributed by atoms with E-state index in [1.807, 2.05) is 13.8 Å². The summed E-state index contributed by atoms with van der Waals surface area (Å²) in [7, 11) is 0. The van der Waals surface area contributed by atoms with E-state index >= 15 is 0 Å². The smallest absolute Gasteiger partial charge is 0.270 e. The van der Waals surface area contributed by atoms with Gasteiger partial charge in [0.05, 0.1) is 6.04 Å². The molecule has 170 valence electrons. The highest BCUT2D eigenvalue weighted by atomic mass is 19.1. The average molecular weight is 443 g/mol. The summed E-state index contributed by atoms with van der Waals surface area (Å²) in [4.78, 5) is 42.2. The van der Waals surface area contributed by atoms with Gasteiger partial charge in [-0.05, 0) is 36.1 Å². The van der Waals surface area contributed by atoms with Gasteiger partial charge in [0.2, 0.25) is 5.91 Å². The van der Waals surface area contributed by atoms with Gasteiger partial charge >= 0.3 is 0 Å². The van der Waals surface area contributed by atoms with Crippen molar-refractivity contribution in [1.29, 1.82) is 0 Å². The van der Waals surface area contributed by atoms with E-state index in [1.165, 1.54) is 29.9 Å². The molecule has 3 rings (SSSR count). The fourth-order valence-electron chi connectivity index (χ4n) is 2.60. The minimum atomic E-state index is -0.491. The van der Waals surface area contributed by atoms with Gasteiger partial charge in [-0.3, -0.25) is 14.4 Å². The van der Waals surface area contributed by atoms with Crippen molar-refractivity contribution in [1.82, 2.24) is 24.9 Å². The van der Waals surface area contributed by atoms with Crippen molar-refractivity contribution in [2.45, 2.75) is 40.3 Å². The second kappa shape index (κ2) is 10.5. The Labute approximate surface area is 184 Å². The number of amides is 2. The third kappa shape index (κ3) is 6.14. The number of halogens is 1. The van der Waals surface area contributed by atoms with Crippen molar-refractivity contribution in [3.05, 3.63) is 58.9 Å². The molecule has 0 aliphatic carbocycles. The molecule has 2 heterocycles. The standard InChI is InChI=1S/C16H14FN5O2.C5H12N2O/c1-9-5-11(3-4-12(9)17)7-18-15(24)13-6-14(10(2)23)22-16(21-13)19-8-20-22;1-3(2)4(6)5(7)8/h3-6,8H,7H2,1-2H3,(H,18,24);3-4H,6H2,1-2H3,(H2,7,8)/t;4-/m.1/s1. The summed E-state index contributed by atoms with van der Waals surface area (Å²) in [6, 6.07) is 5.49. The number of carbonyl (C=O) groups excluding carboxylic acids is 3. The number of Topliss-reactive ketones (excluding diaryl/α,β-unsaturated/α-hetero) is 1. The van der Waals surface area contributed by atoms with Crippen LogP contribution in [0.1, 0.15) is 52.9 Å². The quantitative estimate of drug-likeness (QED) is 0.482. The van der Waals surface area contributed by atoms with E-state index in [4.69, 9.17) is 11.5 Å². The molecule has 3 aromatic rings. The first-order valence-corrected chi connectivity index (χ1v) is 9.81. The molecule has 0 saturated carbocycles. The molecule has 0 bridgehead atoms. The van der Waals surface area contributed by atoms with Crippen LogP contribution in [0.25, 0.3) is 5.78 Å². The van der Waals surface area contributed by atoms with Crippen molar-refractivity contribution in [3.8, 4) is 0 Å². The molecule has 2 amide bonds. The molecular formula is C21H26FN7O3. The van der Waals surface area contributed by atoms with Crippen LogP contribution in [0.3, 0.4) is 0 Å². The van der Waals surface area contributed by atoms with Crippen LogP contribution in [0.4, 0.5) is 4.39 Å². The second-order valence-corrected chi connectivity index (χ2v) is 7.49. The summed E-state index contributed by atoms with van der Waals surface area (Å²) in [5, 5.41) is 6.60. The number of ketones is 1. The van der Waals surface area contributed by atoms with Gasteiger partial charge in [-0.2, -0.15) is 14.6 Å². The second-order valence-electron chi connectivity index (χ2n) is 7.49. The van der Waals surface area contributed by atoms with Crippen LogP contribution in [-0.4, -0.2) is 43.2 Å². The predicted octanol–water partition coefficient (Wildman–Crippen LogP) is 1.16. The Morgan fingerprint density at radius 3 is 2.44 bits per heavy atom. The molecule has 0 spiro atoms. The van der Waals surface area contributed by atoms with Gasteiger partial charge in [0.25, 0.3) is 11.7 Å². The first kappa shape index (κ1) is 24.5. The topological polar surface area (TPSA) is 158 Å². The van der Waals surface area contributed by atoms with E-state index in [9.17, 15) is 18.8 Å². The Balaban J connectivity index is 0.000000390. The van der Waals surface area contributed by atoms with Gasteiger partial charge in [0.15, 0.2) is 5.78 Å². The number of nitrogens with zero attached hydrogens (tertiary/aromatic N) is 4. The molecule has 0 saturated heterocycles. The molecule has 32 heavy (non-hydrogen) atoms. The number of fused-ring (bicyclic) bond motifs is 1. The number of nitrogens with two attached hydrogens (primary N) is 2. The highest BCUT2D eigenvalue weighted by molar-refractivity contribution is 5.98. The van der Waals surface area contributed by atoms with E-state index in [0.717, 1.165) is 5.56 Å². The number of hydrogen-bond donors (Lipinski definition) is 3. The van der Waals surface area contributed by atoms with E-state index in [1.54, 1.807) is 19.1 Å². The Hall–Kier alpha value is -3.73. The van der Waals surface area contributed by atoms with Crippen LogP contribution < -0.4 is 16.8 Å². The maximum Gasteiger partial charge on any atom is 0.270 e. The van der Waals surface area contributed by atoms with Gasteiger partial charge in [-0.25, -0.2) is 9.37 Å². The van der Waals surface area contributed by atoms with E-state index < -0.39 is 17.9 Å². The largest absolute Gasteiger partial charge is 0.368 e. The van der Waals surface area contributed by atoms with Crippen molar-refractivity contribution < 1.29 is 18.8 Å². The van der Waals surface area contributed by atoms with Crippen molar-refractivity contribution in [2.24, 2.45) is 17.4 Å². The van der Waals surface area contributed by atoms with Crippen LogP contribution in [0, 0.1) is 18.7 Å². The molecule has 0 radical (unpaired) electrons. The predicted molar refractivity (Wildman–Crippen MR) is 115 cm³/mol.